The molecule has 1 aromatic carbocycles. The first-order valence-electron chi connectivity index (χ1n) is 10.4. The van der Waals surface area contributed by atoms with Gasteiger partial charge in [0.05, 0.1) is 14.2 Å². The van der Waals surface area contributed by atoms with Gasteiger partial charge in [0.1, 0.15) is 6.54 Å². The van der Waals surface area contributed by atoms with E-state index in [0.717, 1.165) is 12.0 Å². The van der Waals surface area contributed by atoms with E-state index in [-0.39, 0.29) is 11.9 Å². The van der Waals surface area contributed by atoms with E-state index in [1.807, 2.05) is 24.8 Å². The number of benzene rings is 1. The average molecular weight is 402 g/mol. The van der Waals surface area contributed by atoms with Crippen LogP contribution in [0.3, 0.4) is 0 Å². The molecule has 0 N–H and O–H groups in total. The minimum absolute atomic E-state index is 0.0718. The van der Waals surface area contributed by atoms with E-state index in [1.54, 1.807) is 26.4 Å². The molecule has 158 valence electrons. The Bertz CT molecular complexity index is 812. The molecule has 1 aliphatic rings. The predicted molar refractivity (Wildman–Crippen MR) is 110 cm³/mol. The Morgan fingerprint density at radius 3 is 2.59 bits per heavy atom. The van der Waals surface area contributed by atoms with Gasteiger partial charge in [-0.1, -0.05) is 30.8 Å². The summed E-state index contributed by atoms with van der Waals surface area (Å²) in [6.45, 7) is 4.35. The number of hydrogen-bond donors (Lipinski definition) is 0. The molecule has 0 atom stereocenters. The van der Waals surface area contributed by atoms with E-state index >= 15 is 0 Å². The summed E-state index contributed by atoms with van der Waals surface area (Å²) in [6.07, 6.45) is 6.67. The van der Waals surface area contributed by atoms with Crippen LogP contribution in [0.5, 0.6) is 11.5 Å². The smallest absolute Gasteiger partial charge is 0.246 e. The second-order valence-corrected chi connectivity index (χ2v) is 7.89. The van der Waals surface area contributed by atoms with Crippen molar-refractivity contribution < 1.29 is 18.8 Å². The summed E-state index contributed by atoms with van der Waals surface area (Å²) < 4.78 is 16.0. The Balaban J connectivity index is 1.67. The zero-order valence-corrected chi connectivity index (χ0v) is 17.8. The normalized spacial score (nSPS) is 14.4. The summed E-state index contributed by atoms with van der Waals surface area (Å²) in [6, 6.07) is 5.53. The van der Waals surface area contributed by atoms with Gasteiger partial charge in [-0.15, -0.1) is 0 Å². The molecular formula is C22H31N3O4. The molecule has 0 saturated heterocycles. The second-order valence-electron chi connectivity index (χ2n) is 7.89. The van der Waals surface area contributed by atoms with Crippen molar-refractivity contribution in [3.8, 4) is 22.9 Å². The van der Waals surface area contributed by atoms with Gasteiger partial charge in [-0.05, 0) is 44.4 Å². The number of carbonyl (C=O) groups is 1. The molecule has 1 saturated carbocycles. The second kappa shape index (κ2) is 9.76. The highest BCUT2D eigenvalue weighted by Crippen LogP contribution is 2.31. The van der Waals surface area contributed by atoms with Crippen molar-refractivity contribution in [1.82, 2.24) is 15.0 Å². The Morgan fingerprint density at radius 2 is 1.93 bits per heavy atom. The Labute approximate surface area is 172 Å². The minimum atomic E-state index is 0.0718. The number of rotatable bonds is 9. The number of nitrogens with zero attached hydrogens (tertiary/aromatic N) is 3. The molecule has 0 aliphatic heterocycles. The largest absolute Gasteiger partial charge is 0.493 e. The van der Waals surface area contributed by atoms with Crippen molar-refractivity contribution in [2.45, 2.75) is 65.0 Å². The molecular weight excluding hydrogens is 370 g/mol. The van der Waals surface area contributed by atoms with Crippen molar-refractivity contribution in [2.24, 2.45) is 5.92 Å². The van der Waals surface area contributed by atoms with Crippen LogP contribution in [0.1, 0.15) is 58.3 Å². The molecule has 0 spiro atoms. The topological polar surface area (TPSA) is 77.7 Å². The monoisotopic (exact) mass is 401 g/mol. The van der Waals surface area contributed by atoms with Crippen molar-refractivity contribution in [3.05, 3.63) is 24.1 Å². The summed E-state index contributed by atoms with van der Waals surface area (Å²) in [4.78, 5) is 19.1. The van der Waals surface area contributed by atoms with Crippen LogP contribution >= 0.6 is 0 Å². The molecule has 3 rings (SSSR count). The first-order valence-corrected chi connectivity index (χ1v) is 10.4. The van der Waals surface area contributed by atoms with Crippen LogP contribution < -0.4 is 9.47 Å². The third kappa shape index (κ3) is 5.28. The summed E-state index contributed by atoms with van der Waals surface area (Å²) >= 11 is 0. The fraction of sp³-hybridized carbons (Fsp3) is 0.591. The van der Waals surface area contributed by atoms with Gasteiger partial charge in [-0.3, -0.25) is 4.79 Å². The van der Waals surface area contributed by atoms with Crippen molar-refractivity contribution in [1.29, 1.82) is 0 Å². The maximum atomic E-state index is 12.8. The van der Waals surface area contributed by atoms with E-state index in [4.69, 9.17) is 14.0 Å². The predicted octanol–water partition coefficient (Wildman–Crippen LogP) is 4.46. The summed E-state index contributed by atoms with van der Waals surface area (Å²) in [5.74, 6) is 2.98. The number of amides is 1. The highest BCUT2D eigenvalue weighted by Gasteiger charge is 2.23. The highest BCUT2D eigenvalue weighted by molar-refractivity contribution is 5.76. The van der Waals surface area contributed by atoms with E-state index in [9.17, 15) is 4.79 Å². The third-order valence-electron chi connectivity index (χ3n) is 5.60. The molecule has 0 bridgehead atoms. The summed E-state index contributed by atoms with van der Waals surface area (Å²) in [7, 11) is 3.18. The molecule has 2 aromatic rings. The van der Waals surface area contributed by atoms with Crippen molar-refractivity contribution >= 4 is 5.91 Å². The van der Waals surface area contributed by atoms with Crippen molar-refractivity contribution in [2.75, 3.05) is 14.2 Å². The van der Waals surface area contributed by atoms with Crippen molar-refractivity contribution in [3.63, 3.8) is 0 Å². The Hall–Kier alpha value is -2.57. The van der Waals surface area contributed by atoms with Crippen LogP contribution in [0.2, 0.25) is 0 Å². The number of carbonyl (C=O) groups excluding carboxylic acids is 1. The third-order valence-corrected chi connectivity index (χ3v) is 5.60. The molecule has 0 radical (unpaired) electrons. The van der Waals surface area contributed by atoms with Gasteiger partial charge in [0.2, 0.25) is 17.6 Å². The molecule has 1 aromatic heterocycles. The molecule has 1 heterocycles. The highest BCUT2D eigenvalue weighted by atomic mass is 16.5. The maximum Gasteiger partial charge on any atom is 0.246 e. The van der Waals surface area contributed by atoms with E-state index in [0.29, 0.717) is 42.1 Å². The van der Waals surface area contributed by atoms with Gasteiger partial charge >= 0.3 is 0 Å². The molecule has 1 amide bonds. The first kappa shape index (κ1) is 21.1. The zero-order valence-electron chi connectivity index (χ0n) is 17.8. The molecule has 1 fully saturated rings. The van der Waals surface area contributed by atoms with Crippen LogP contribution in [0.15, 0.2) is 22.7 Å². The molecule has 29 heavy (non-hydrogen) atoms. The lowest BCUT2D eigenvalue weighted by Crippen LogP contribution is -2.36. The van der Waals surface area contributed by atoms with Gasteiger partial charge in [0, 0.05) is 18.0 Å². The number of hydrogen-bond acceptors (Lipinski definition) is 6. The quantitative estimate of drug-likeness (QED) is 0.617. The van der Waals surface area contributed by atoms with Gasteiger partial charge in [0.25, 0.3) is 0 Å². The number of methoxy groups -OCH3 is 2. The van der Waals surface area contributed by atoms with E-state index in [1.165, 1.54) is 25.7 Å². The molecule has 7 heteroatoms. The maximum absolute atomic E-state index is 12.8. The number of ether oxygens (including phenoxy) is 2. The fourth-order valence-corrected chi connectivity index (χ4v) is 3.89. The van der Waals surface area contributed by atoms with Crippen LogP contribution in [0.25, 0.3) is 11.4 Å². The van der Waals surface area contributed by atoms with Gasteiger partial charge < -0.3 is 18.9 Å². The minimum Gasteiger partial charge on any atom is -0.493 e. The lowest BCUT2D eigenvalue weighted by atomic mass is 10.0. The average Bonchev–Trinajstić information content (AvgIpc) is 3.41. The lowest BCUT2D eigenvalue weighted by Gasteiger charge is -2.25. The van der Waals surface area contributed by atoms with E-state index in [2.05, 4.69) is 10.1 Å². The molecule has 7 nitrogen and oxygen atoms in total. The summed E-state index contributed by atoms with van der Waals surface area (Å²) in [5.41, 5.74) is 0.765. The van der Waals surface area contributed by atoms with Crippen LogP contribution in [-0.2, 0) is 11.3 Å². The molecule has 1 aliphatic carbocycles. The van der Waals surface area contributed by atoms with E-state index < -0.39 is 0 Å². The van der Waals surface area contributed by atoms with Crippen LogP contribution in [0, 0.1) is 5.92 Å². The Kier molecular flexibility index (Phi) is 7.12. The van der Waals surface area contributed by atoms with Crippen LogP contribution in [0.4, 0.5) is 0 Å². The zero-order chi connectivity index (χ0) is 20.8. The van der Waals surface area contributed by atoms with Gasteiger partial charge in [-0.25, -0.2) is 0 Å². The Morgan fingerprint density at radius 1 is 1.21 bits per heavy atom. The fourth-order valence-electron chi connectivity index (χ4n) is 3.89. The first-order chi connectivity index (χ1) is 14.0. The SMILES string of the molecule is COc1ccc(-c2noc(CN(C(=O)CCC3CCCC3)C(C)C)n2)cc1OC. The summed E-state index contributed by atoms with van der Waals surface area (Å²) in [5, 5.41) is 4.08. The lowest BCUT2D eigenvalue weighted by molar-refractivity contribution is -0.134. The van der Waals surface area contributed by atoms with Gasteiger partial charge in [-0.2, -0.15) is 4.98 Å². The standard InChI is InChI=1S/C22H31N3O4/c1-15(2)25(21(26)12-9-16-7-5-6-8-16)14-20-23-22(24-29-20)17-10-11-18(27-3)19(13-17)28-4/h10-11,13,15-16H,5-9,12,14H2,1-4H3. The van der Waals surface area contributed by atoms with Gasteiger partial charge in [0.15, 0.2) is 11.5 Å². The molecule has 0 unspecified atom stereocenters. The number of aromatic nitrogens is 2. The van der Waals surface area contributed by atoms with Crippen LogP contribution in [-0.4, -0.2) is 41.2 Å².